The Morgan fingerprint density at radius 2 is 2.00 bits per heavy atom. The van der Waals surface area contributed by atoms with E-state index in [0.717, 1.165) is 38.7 Å². The van der Waals surface area contributed by atoms with Crippen LogP contribution in [0.3, 0.4) is 0 Å². The Kier molecular flexibility index (Phi) is 12.0. The van der Waals surface area contributed by atoms with Gasteiger partial charge in [0, 0.05) is 19.6 Å². The minimum Gasteiger partial charge on any atom is -0.380 e. The van der Waals surface area contributed by atoms with Crippen molar-refractivity contribution in [3.8, 4) is 0 Å². The molecular formula is C12H26N2O2. The number of nitrogens with one attached hydrogen (secondary N) is 1. The summed E-state index contributed by atoms with van der Waals surface area (Å²) in [4.78, 5) is 11.3. The molecule has 0 aliphatic carbocycles. The van der Waals surface area contributed by atoms with Gasteiger partial charge in [-0.05, 0) is 25.8 Å². The molecule has 0 aromatic carbocycles. The van der Waals surface area contributed by atoms with Crippen molar-refractivity contribution < 1.29 is 9.53 Å². The van der Waals surface area contributed by atoms with Crippen molar-refractivity contribution >= 4 is 5.91 Å². The van der Waals surface area contributed by atoms with Crippen LogP contribution in [0.5, 0.6) is 0 Å². The van der Waals surface area contributed by atoms with Crippen LogP contribution in [0.15, 0.2) is 0 Å². The summed E-state index contributed by atoms with van der Waals surface area (Å²) in [7, 11) is 0. The van der Waals surface area contributed by atoms with Crippen LogP contribution < -0.4 is 11.1 Å². The number of carbonyl (C=O) groups is 1. The highest BCUT2D eigenvalue weighted by molar-refractivity contribution is 5.75. The second kappa shape index (κ2) is 12.5. The molecule has 4 heteroatoms. The fourth-order valence-electron chi connectivity index (χ4n) is 1.31. The number of hydrogen-bond donors (Lipinski definition) is 2. The van der Waals surface area contributed by atoms with E-state index >= 15 is 0 Å². The maximum atomic E-state index is 11.3. The zero-order valence-corrected chi connectivity index (χ0v) is 10.5. The van der Waals surface area contributed by atoms with Crippen molar-refractivity contribution in [3.05, 3.63) is 0 Å². The maximum absolute atomic E-state index is 11.3. The molecule has 4 nitrogen and oxygen atoms in total. The molecule has 0 fully saturated rings. The summed E-state index contributed by atoms with van der Waals surface area (Å²) >= 11 is 0. The molecule has 0 aliphatic heterocycles. The summed E-state index contributed by atoms with van der Waals surface area (Å²) < 4.78 is 5.34. The van der Waals surface area contributed by atoms with Crippen molar-refractivity contribution in [3.63, 3.8) is 0 Å². The summed E-state index contributed by atoms with van der Waals surface area (Å²) in [5.41, 5.74) is 5.37. The molecule has 0 radical (unpaired) electrons. The Hall–Kier alpha value is -0.610. The molecule has 16 heavy (non-hydrogen) atoms. The maximum Gasteiger partial charge on any atom is 0.220 e. The van der Waals surface area contributed by atoms with Crippen LogP contribution in [0.25, 0.3) is 0 Å². The molecule has 0 bridgehead atoms. The molecule has 96 valence electrons. The molecule has 0 atom stereocenters. The predicted molar refractivity (Wildman–Crippen MR) is 66.3 cm³/mol. The molecule has 0 saturated carbocycles. The summed E-state index contributed by atoms with van der Waals surface area (Å²) in [5, 5.41) is 2.84. The Morgan fingerprint density at radius 1 is 1.19 bits per heavy atom. The number of unbranched alkanes of at least 4 members (excludes halogenated alkanes) is 3. The third kappa shape index (κ3) is 11.5. The van der Waals surface area contributed by atoms with Crippen molar-refractivity contribution in [1.29, 1.82) is 0 Å². The summed E-state index contributed by atoms with van der Waals surface area (Å²) in [5.74, 6) is 0.121. The first-order valence-electron chi connectivity index (χ1n) is 6.35. The molecule has 0 unspecified atom stereocenters. The second-order valence-electron chi connectivity index (χ2n) is 3.92. The van der Waals surface area contributed by atoms with Gasteiger partial charge in [0.2, 0.25) is 5.91 Å². The SMILES string of the molecule is CCCCOCCNC(=O)CCCCCN. The molecule has 0 heterocycles. The first-order valence-corrected chi connectivity index (χ1v) is 6.35. The Labute approximate surface area is 98.9 Å². The van der Waals surface area contributed by atoms with Gasteiger partial charge in [-0.25, -0.2) is 0 Å². The van der Waals surface area contributed by atoms with Crippen LogP contribution in [-0.4, -0.2) is 32.2 Å². The van der Waals surface area contributed by atoms with Gasteiger partial charge in [-0.15, -0.1) is 0 Å². The van der Waals surface area contributed by atoms with E-state index in [2.05, 4.69) is 12.2 Å². The van der Waals surface area contributed by atoms with Gasteiger partial charge in [-0.1, -0.05) is 19.8 Å². The lowest BCUT2D eigenvalue weighted by molar-refractivity contribution is -0.121. The lowest BCUT2D eigenvalue weighted by Crippen LogP contribution is -2.27. The highest BCUT2D eigenvalue weighted by Gasteiger charge is 1.99. The normalized spacial score (nSPS) is 10.4. The number of nitrogens with two attached hydrogens (primary N) is 1. The van der Waals surface area contributed by atoms with E-state index in [9.17, 15) is 4.79 Å². The minimum absolute atomic E-state index is 0.121. The van der Waals surface area contributed by atoms with Crippen LogP contribution >= 0.6 is 0 Å². The topological polar surface area (TPSA) is 64.3 Å². The summed E-state index contributed by atoms with van der Waals surface area (Å²) in [6.45, 7) is 4.89. The lowest BCUT2D eigenvalue weighted by Gasteiger charge is -2.05. The van der Waals surface area contributed by atoms with E-state index in [1.54, 1.807) is 0 Å². The highest BCUT2D eigenvalue weighted by atomic mass is 16.5. The van der Waals surface area contributed by atoms with E-state index in [4.69, 9.17) is 10.5 Å². The first-order chi connectivity index (χ1) is 7.81. The zero-order valence-electron chi connectivity index (χ0n) is 10.5. The van der Waals surface area contributed by atoms with Gasteiger partial charge in [-0.3, -0.25) is 4.79 Å². The monoisotopic (exact) mass is 230 g/mol. The molecule has 0 saturated heterocycles. The quantitative estimate of drug-likeness (QED) is 0.528. The molecule has 0 aliphatic rings. The zero-order chi connectivity index (χ0) is 12.1. The van der Waals surface area contributed by atoms with Gasteiger partial charge in [0.25, 0.3) is 0 Å². The number of hydrogen-bond acceptors (Lipinski definition) is 3. The van der Waals surface area contributed by atoms with Crippen molar-refractivity contribution in [2.24, 2.45) is 5.73 Å². The van der Waals surface area contributed by atoms with E-state index in [1.807, 2.05) is 0 Å². The molecule has 0 aromatic heterocycles. The smallest absolute Gasteiger partial charge is 0.220 e. The van der Waals surface area contributed by atoms with Gasteiger partial charge >= 0.3 is 0 Å². The molecular weight excluding hydrogens is 204 g/mol. The molecule has 1 amide bonds. The third-order valence-electron chi connectivity index (χ3n) is 2.32. The van der Waals surface area contributed by atoms with E-state index in [-0.39, 0.29) is 5.91 Å². The van der Waals surface area contributed by atoms with Crippen molar-refractivity contribution in [1.82, 2.24) is 5.32 Å². The molecule has 0 aromatic rings. The average molecular weight is 230 g/mol. The van der Waals surface area contributed by atoms with E-state index < -0.39 is 0 Å². The van der Waals surface area contributed by atoms with E-state index in [1.165, 1.54) is 0 Å². The highest BCUT2D eigenvalue weighted by Crippen LogP contribution is 1.97. The largest absolute Gasteiger partial charge is 0.380 e. The van der Waals surface area contributed by atoms with Gasteiger partial charge in [0.05, 0.1) is 6.61 Å². The molecule has 0 spiro atoms. The lowest BCUT2D eigenvalue weighted by atomic mass is 10.2. The van der Waals surface area contributed by atoms with Crippen LogP contribution in [0.4, 0.5) is 0 Å². The van der Waals surface area contributed by atoms with Crippen LogP contribution in [0.1, 0.15) is 45.4 Å². The van der Waals surface area contributed by atoms with Crippen molar-refractivity contribution in [2.75, 3.05) is 26.3 Å². The van der Waals surface area contributed by atoms with Gasteiger partial charge in [0.15, 0.2) is 0 Å². The van der Waals surface area contributed by atoms with Gasteiger partial charge in [0.1, 0.15) is 0 Å². The fraction of sp³-hybridized carbons (Fsp3) is 0.917. The number of ether oxygens (including phenoxy) is 1. The molecule has 3 N–H and O–H groups in total. The predicted octanol–water partition coefficient (Wildman–Crippen LogP) is 1.44. The minimum atomic E-state index is 0.121. The first kappa shape index (κ1) is 15.4. The summed E-state index contributed by atoms with van der Waals surface area (Å²) in [6.07, 6.45) is 5.82. The van der Waals surface area contributed by atoms with Gasteiger partial charge < -0.3 is 15.8 Å². The number of carbonyl (C=O) groups excluding carboxylic acids is 1. The number of amides is 1. The standard InChI is InChI=1S/C12H26N2O2/c1-2-3-10-16-11-9-14-12(15)7-5-4-6-8-13/h2-11,13H2,1H3,(H,14,15). The Bertz CT molecular complexity index is 163. The van der Waals surface area contributed by atoms with Crippen LogP contribution in [0.2, 0.25) is 0 Å². The fourth-order valence-corrected chi connectivity index (χ4v) is 1.31. The summed E-state index contributed by atoms with van der Waals surface area (Å²) in [6, 6.07) is 0. The van der Waals surface area contributed by atoms with E-state index in [0.29, 0.717) is 26.1 Å². The number of rotatable bonds is 11. The molecule has 0 rings (SSSR count). The van der Waals surface area contributed by atoms with Gasteiger partial charge in [-0.2, -0.15) is 0 Å². The Balaban J connectivity index is 3.11. The Morgan fingerprint density at radius 3 is 2.69 bits per heavy atom. The average Bonchev–Trinajstić information content (AvgIpc) is 2.29. The van der Waals surface area contributed by atoms with Crippen molar-refractivity contribution in [2.45, 2.75) is 45.4 Å². The third-order valence-corrected chi connectivity index (χ3v) is 2.32. The second-order valence-corrected chi connectivity index (χ2v) is 3.92. The van der Waals surface area contributed by atoms with Crippen LogP contribution in [-0.2, 0) is 9.53 Å². The van der Waals surface area contributed by atoms with Crippen LogP contribution in [0, 0.1) is 0 Å².